The van der Waals surface area contributed by atoms with Gasteiger partial charge in [-0.25, -0.2) is 0 Å². The van der Waals surface area contributed by atoms with Gasteiger partial charge >= 0.3 is 0 Å². The first-order chi connectivity index (χ1) is 12.1. The lowest BCUT2D eigenvalue weighted by Gasteiger charge is -2.25. The van der Waals surface area contributed by atoms with Crippen LogP contribution >= 0.6 is 0 Å². The van der Waals surface area contributed by atoms with E-state index in [0.717, 1.165) is 25.3 Å². The van der Waals surface area contributed by atoms with Crippen LogP contribution in [0.3, 0.4) is 0 Å². The Balaban J connectivity index is 1.53. The minimum absolute atomic E-state index is 0.145. The van der Waals surface area contributed by atoms with Gasteiger partial charge in [0.05, 0.1) is 0 Å². The summed E-state index contributed by atoms with van der Waals surface area (Å²) in [4.78, 5) is 15.9. The smallest absolute Gasteiger partial charge is 0.220 e. The van der Waals surface area contributed by atoms with Gasteiger partial charge in [0, 0.05) is 37.5 Å². The van der Waals surface area contributed by atoms with Crippen LogP contribution in [0.4, 0.5) is 0 Å². The maximum absolute atomic E-state index is 11.3. The van der Waals surface area contributed by atoms with E-state index in [0.29, 0.717) is 30.8 Å². The summed E-state index contributed by atoms with van der Waals surface area (Å²) >= 11 is 0. The molecule has 1 saturated carbocycles. The Hall–Kier alpha value is -2.04. The van der Waals surface area contributed by atoms with E-state index in [9.17, 15) is 4.79 Å². The van der Waals surface area contributed by atoms with Gasteiger partial charge in [0.1, 0.15) is 0 Å². The molecule has 1 aromatic carbocycles. The lowest BCUT2D eigenvalue weighted by molar-refractivity contribution is -0.122. The average molecular weight is 342 g/mol. The third kappa shape index (κ3) is 4.74. The molecule has 1 aromatic rings. The predicted molar refractivity (Wildman–Crippen MR) is 102 cm³/mol. The zero-order chi connectivity index (χ0) is 17.8. The number of nitrogens with one attached hydrogen (secondary N) is 3. The molecule has 2 fully saturated rings. The lowest BCUT2D eigenvalue weighted by Crippen LogP contribution is -2.51. The standard InChI is InChI=1S/C20H30N4O/c1-4-21-20(23-16-9-10-19(25)22-12-16)24-18-11-17(18)15-7-5-14(6-8-15)13(2)3/h5-8,13,16-18H,4,9-12H2,1-3H3,(H,22,25)(H2,21,23,24). The van der Waals surface area contributed by atoms with Crippen molar-refractivity contribution >= 4 is 11.9 Å². The molecule has 0 radical (unpaired) electrons. The second-order valence-electron chi connectivity index (χ2n) is 7.42. The zero-order valence-electron chi connectivity index (χ0n) is 15.5. The highest BCUT2D eigenvalue weighted by molar-refractivity contribution is 5.82. The number of hydrogen-bond donors (Lipinski definition) is 3. The van der Waals surface area contributed by atoms with Crippen LogP contribution in [0.25, 0.3) is 0 Å². The Bertz CT molecular complexity index is 613. The third-order valence-corrected chi connectivity index (χ3v) is 5.07. The predicted octanol–water partition coefficient (Wildman–Crippen LogP) is 2.50. The molecule has 1 heterocycles. The summed E-state index contributed by atoms with van der Waals surface area (Å²) in [6, 6.07) is 9.74. The molecule has 3 atom stereocenters. The van der Waals surface area contributed by atoms with Crippen LogP contribution in [0.1, 0.15) is 63.0 Å². The van der Waals surface area contributed by atoms with Gasteiger partial charge < -0.3 is 16.0 Å². The van der Waals surface area contributed by atoms with Crippen LogP contribution in [-0.2, 0) is 4.79 Å². The van der Waals surface area contributed by atoms with Crippen molar-refractivity contribution < 1.29 is 4.79 Å². The summed E-state index contributed by atoms with van der Waals surface area (Å²) in [6.07, 6.45) is 2.60. The molecule has 1 aliphatic carbocycles. The lowest BCUT2D eigenvalue weighted by atomic mass is 10.0. The molecule has 1 saturated heterocycles. The second-order valence-corrected chi connectivity index (χ2v) is 7.42. The van der Waals surface area contributed by atoms with Gasteiger partial charge in [0.25, 0.3) is 0 Å². The minimum atomic E-state index is 0.145. The Morgan fingerprint density at radius 3 is 2.64 bits per heavy atom. The van der Waals surface area contributed by atoms with Gasteiger partial charge in [0.15, 0.2) is 5.96 Å². The van der Waals surface area contributed by atoms with Gasteiger partial charge in [-0.2, -0.15) is 0 Å². The minimum Gasteiger partial charge on any atom is -0.354 e. The molecule has 25 heavy (non-hydrogen) atoms. The molecule has 3 N–H and O–H groups in total. The monoisotopic (exact) mass is 342 g/mol. The number of benzene rings is 1. The molecule has 0 spiro atoms. The van der Waals surface area contributed by atoms with Crippen LogP contribution in [0.2, 0.25) is 0 Å². The highest BCUT2D eigenvalue weighted by Gasteiger charge is 2.39. The molecule has 136 valence electrons. The molecule has 1 amide bonds. The Morgan fingerprint density at radius 2 is 2.04 bits per heavy atom. The van der Waals surface area contributed by atoms with Gasteiger partial charge in [-0.3, -0.25) is 9.79 Å². The van der Waals surface area contributed by atoms with E-state index in [1.165, 1.54) is 11.1 Å². The molecule has 2 aliphatic rings. The fourth-order valence-corrected chi connectivity index (χ4v) is 3.37. The highest BCUT2D eigenvalue weighted by Crippen LogP contribution is 2.41. The number of carbonyl (C=O) groups excluding carboxylic acids is 1. The topological polar surface area (TPSA) is 65.5 Å². The van der Waals surface area contributed by atoms with E-state index in [1.807, 2.05) is 6.92 Å². The number of amides is 1. The van der Waals surface area contributed by atoms with E-state index < -0.39 is 0 Å². The highest BCUT2D eigenvalue weighted by atomic mass is 16.1. The van der Waals surface area contributed by atoms with Crippen molar-refractivity contribution in [2.75, 3.05) is 13.1 Å². The SMILES string of the molecule is CCN=C(NC1CCC(=O)NC1)NC1CC1c1ccc(C(C)C)cc1. The van der Waals surface area contributed by atoms with Crippen LogP contribution in [0.5, 0.6) is 0 Å². The zero-order valence-corrected chi connectivity index (χ0v) is 15.5. The summed E-state index contributed by atoms with van der Waals surface area (Å²) < 4.78 is 0. The summed E-state index contributed by atoms with van der Waals surface area (Å²) in [5.74, 6) is 2.16. The van der Waals surface area contributed by atoms with Crippen LogP contribution in [0.15, 0.2) is 29.3 Å². The average Bonchev–Trinajstić information content (AvgIpc) is 3.36. The first-order valence-electron chi connectivity index (χ1n) is 9.51. The number of guanidine groups is 1. The van der Waals surface area contributed by atoms with Gasteiger partial charge in [-0.05, 0) is 36.8 Å². The molecular weight excluding hydrogens is 312 g/mol. The molecular formula is C20H30N4O. The molecule has 5 heteroatoms. The van der Waals surface area contributed by atoms with Crippen molar-refractivity contribution in [3.05, 3.63) is 35.4 Å². The molecule has 0 aromatic heterocycles. The van der Waals surface area contributed by atoms with E-state index in [-0.39, 0.29) is 11.9 Å². The van der Waals surface area contributed by atoms with E-state index in [4.69, 9.17) is 0 Å². The molecule has 5 nitrogen and oxygen atoms in total. The van der Waals surface area contributed by atoms with Gasteiger partial charge in [0.2, 0.25) is 5.91 Å². The number of nitrogens with zero attached hydrogens (tertiary/aromatic N) is 1. The van der Waals surface area contributed by atoms with E-state index >= 15 is 0 Å². The Labute approximate surface area is 150 Å². The number of piperidine rings is 1. The largest absolute Gasteiger partial charge is 0.354 e. The number of aliphatic imine (C=N–C) groups is 1. The summed E-state index contributed by atoms with van der Waals surface area (Å²) in [6.45, 7) is 7.91. The summed E-state index contributed by atoms with van der Waals surface area (Å²) in [5, 5.41) is 9.94. The quantitative estimate of drug-likeness (QED) is 0.569. The Morgan fingerprint density at radius 1 is 1.28 bits per heavy atom. The van der Waals surface area contributed by atoms with E-state index in [2.05, 4.69) is 59.1 Å². The van der Waals surface area contributed by atoms with E-state index in [1.54, 1.807) is 0 Å². The third-order valence-electron chi connectivity index (χ3n) is 5.07. The number of carbonyl (C=O) groups is 1. The van der Waals surface area contributed by atoms with Crippen LogP contribution < -0.4 is 16.0 Å². The summed E-state index contributed by atoms with van der Waals surface area (Å²) in [7, 11) is 0. The van der Waals surface area contributed by atoms with Crippen molar-refractivity contribution in [2.24, 2.45) is 4.99 Å². The van der Waals surface area contributed by atoms with Crippen molar-refractivity contribution in [1.29, 1.82) is 0 Å². The molecule has 3 unspecified atom stereocenters. The van der Waals surface area contributed by atoms with Crippen LogP contribution in [0, 0.1) is 0 Å². The van der Waals surface area contributed by atoms with Crippen molar-refractivity contribution in [3.63, 3.8) is 0 Å². The van der Waals surface area contributed by atoms with Crippen LogP contribution in [-0.4, -0.2) is 37.0 Å². The fourth-order valence-electron chi connectivity index (χ4n) is 3.37. The van der Waals surface area contributed by atoms with Crippen molar-refractivity contribution in [1.82, 2.24) is 16.0 Å². The molecule has 1 aliphatic heterocycles. The maximum atomic E-state index is 11.3. The summed E-state index contributed by atoms with van der Waals surface area (Å²) in [5.41, 5.74) is 2.80. The number of rotatable bonds is 5. The van der Waals surface area contributed by atoms with Gasteiger partial charge in [-0.1, -0.05) is 38.1 Å². The molecule has 3 rings (SSSR count). The first-order valence-corrected chi connectivity index (χ1v) is 9.51. The van der Waals surface area contributed by atoms with Crippen molar-refractivity contribution in [3.8, 4) is 0 Å². The maximum Gasteiger partial charge on any atom is 0.220 e. The van der Waals surface area contributed by atoms with Gasteiger partial charge in [-0.15, -0.1) is 0 Å². The number of hydrogen-bond acceptors (Lipinski definition) is 2. The Kier molecular flexibility index (Phi) is 5.61. The molecule has 0 bridgehead atoms. The normalized spacial score (nSPS) is 26.3. The second kappa shape index (κ2) is 7.89. The first kappa shape index (κ1) is 17.8. The van der Waals surface area contributed by atoms with Crippen molar-refractivity contribution in [2.45, 2.75) is 64.0 Å². The fraction of sp³-hybridized carbons (Fsp3) is 0.600.